The quantitative estimate of drug-likeness (QED) is 0.192. The zero-order valence-electron chi connectivity index (χ0n) is 20.8. The van der Waals surface area contributed by atoms with E-state index in [9.17, 15) is 13.2 Å². The number of rotatable bonds is 18. The molecule has 0 saturated heterocycles. The summed E-state index contributed by atoms with van der Waals surface area (Å²) >= 11 is 0. The van der Waals surface area contributed by atoms with E-state index in [2.05, 4.69) is 11.6 Å². The van der Waals surface area contributed by atoms with Gasteiger partial charge in [0, 0.05) is 12.1 Å². The average Bonchev–Trinajstić information content (AvgIpc) is 2.71. The van der Waals surface area contributed by atoms with E-state index in [0.29, 0.717) is 5.69 Å². The van der Waals surface area contributed by atoms with Gasteiger partial charge in [-0.3, -0.25) is 4.79 Å². The van der Waals surface area contributed by atoms with Crippen molar-refractivity contribution in [2.45, 2.75) is 115 Å². The Morgan fingerprint density at radius 2 is 1.16 bits per heavy atom. The maximum atomic E-state index is 12.1. The predicted molar refractivity (Wildman–Crippen MR) is 127 cm³/mol. The van der Waals surface area contributed by atoms with Crippen LogP contribution < -0.4 is 61.8 Å². The van der Waals surface area contributed by atoms with Gasteiger partial charge in [0.25, 0.3) is 10.0 Å². The van der Waals surface area contributed by atoms with E-state index < -0.39 is 15.9 Å². The summed E-state index contributed by atoms with van der Waals surface area (Å²) in [7, 11) is -3.80. The number of amides is 1. The van der Waals surface area contributed by atoms with Gasteiger partial charge in [0.15, 0.2) is 0 Å². The fraction of sp³-hybridized carbons (Fsp3) is 0.708. The first-order chi connectivity index (χ1) is 14.5. The van der Waals surface area contributed by atoms with Gasteiger partial charge in [-0.25, -0.2) is 13.1 Å². The molecule has 1 rings (SSSR count). The Labute approximate surface area is 234 Å². The minimum absolute atomic E-state index is 0. The molecule has 0 atom stereocenters. The first kappa shape index (κ1) is 31.1. The molecule has 0 unspecified atom stereocenters. The van der Waals surface area contributed by atoms with Gasteiger partial charge in [0.05, 0.1) is 4.90 Å². The number of carbonyl (C=O) groups is 1. The number of hydrogen-bond acceptors (Lipinski definition) is 4. The van der Waals surface area contributed by atoms with E-state index in [1.807, 2.05) is 0 Å². The van der Waals surface area contributed by atoms with Gasteiger partial charge in [-0.1, -0.05) is 96.8 Å². The molecule has 0 aromatic heterocycles. The van der Waals surface area contributed by atoms with E-state index >= 15 is 0 Å². The van der Waals surface area contributed by atoms with Crippen LogP contribution in [0.3, 0.4) is 0 Å². The van der Waals surface area contributed by atoms with Gasteiger partial charge in [0.1, 0.15) is 0 Å². The third kappa shape index (κ3) is 16.4. The SMILES string of the molecule is CCCCCCCCCCCCCCCCCC(=O)NS(=O)(=O)c1ccc(N)cc1.[H-].[K+]. The molecule has 0 fully saturated rings. The number of anilines is 1. The maximum Gasteiger partial charge on any atom is 1.00 e. The van der Waals surface area contributed by atoms with E-state index in [4.69, 9.17) is 5.73 Å². The molecule has 0 aliphatic heterocycles. The molecule has 31 heavy (non-hydrogen) atoms. The second-order valence-electron chi connectivity index (χ2n) is 8.30. The van der Waals surface area contributed by atoms with Crippen molar-refractivity contribution < 1.29 is 66.0 Å². The zero-order valence-corrected chi connectivity index (χ0v) is 23.8. The molecular weight excluding hydrogens is 435 g/mol. The van der Waals surface area contributed by atoms with Crippen molar-refractivity contribution in [2.24, 2.45) is 0 Å². The topological polar surface area (TPSA) is 89.3 Å². The number of nitrogen functional groups attached to an aromatic ring is 1. The van der Waals surface area contributed by atoms with E-state index in [1.165, 1.54) is 101 Å². The Kier molecular flexibility index (Phi) is 19.6. The third-order valence-corrected chi connectivity index (χ3v) is 6.84. The number of hydrogen-bond donors (Lipinski definition) is 2. The van der Waals surface area contributed by atoms with Gasteiger partial charge in [-0.15, -0.1) is 0 Å². The maximum absolute atomic E-state index is 12.1. The minimum Gasteiger partial charge on any atom is -1.00 e. The molecule has 0 aliphatic carbocycles. The fourth-order valence-corrected chi connectivity index (χ4v) is 4.58. The molecule has 1 aromatic rings. The normalized spacial score (nSPS) is 11.1. The summed E-state index contributed by atoms with van der Waals surface area (Å²) in [6.45, 7) is 2.26. The number of unbranched alkanes of at least 4 members (excludes halogenated alkanes) is 14. The first-order valence-corrected chi connectivity index (χ1v) is 13.3. The molecule has 5 nitrogen and oxygen atoms in total. The number of nitrogens with one attached hydrogen (secondary N) is 1. The van der Waals surface area contributed by atoms with Crippen molar-refractivity contribution >= 4 is 21.6 Å². The number of carbonyl (C=O) groups excluding carboxylic acids is 1. The Morgan fingerprint density at radius 3 is 1.58 bits per heavy atom. The second-order valence-corrected chi connectivity index (χ2v) is 9.98. The van der Waals surface area contributed by atoms with E-state index in [1.54, 1.807) is 0 Å². The van der Waals surface area contributed by atoms with Crippen LogP contribution in [0, 0.1) is 0 Å². The van der Waals surface area contributed by atoms with E-state index in [0.717, 1.165) is 19.3 Å². The zero-order chi connectivity index (χ0) is 22.1. The van der Waals surface area contributed by atoms with Gasteiger partial charge in [-0.05, 0) is 30.7 Å². The average molecular weight is 479 g/mol. The predicted octanol–water partition coefficient (Wildman–Crippen LogP) is 3.45. The molecule has 0 aliphatic rings. The standard InChI is InChI=1S/C24H42N2O3S.K.H/c1-2-3-4-5-6-7-8-9-10-11-12-13-14-15-16-17-24(27)26-30(28,29)23-20-18-22(25)19-21-23;;/h18-21H,2-17,25H2,1H3,(H,26,27);;/q;+1;-1. The van der Waals surface area contributed by atoms with Crippen LogP contribution in [0.1, 0.15) is 111 Å². The second kappa shape index (κ2) is 19.5. The summed E-state index contributed by atoms with van der Waals surface area (Å²) in [4.78, 5) is 12.0. The van der Waals surface area contributed by atoms with Crippen molar-refractivity contribution in [3.05, 3.63) is 24.3 Å². The smallest absolute Gasteiger partial charge is 1.00 e. The molecular formula is C24H43KN2O3S. The van der Waals surface area contributed by atoms with Crippen LogP contribution in [0.4, 0.5) is 5.69 Å². The molecule has 1 amide bonds. The van der Waals surface area contributed by atoms with Gasteiger partial charge in [0.2, 0.25) is 5.91 Å². The summed E-state index contributed by atoms with van der Waals surface area (Å²) in [5, 5.41) is 0. The van der Waals surface area contributed by atoms with Crippen LogP contribution in [0.5, 0.6) is 0 Å². The molecule has 7 heteroatoms. The molecule has 0 heterocycles. The summed E-state index contributed by atoms with van der Waals surface area (Å²) in [5.41, 5.74) is 6.04. The van der Waals surface area contributed by atoms with Crippen LogP contribution in [-0.4, -0.2) is 14.3 Å². The molecule has 0 bridgehead atoms. The Hall–Kier alpha value is 0.0764. The summed E-state index contributed by atoms with van der Waals surface area (Å²) in [6.07, 6.45) is 19.2. The van der Waals surface area contributed by atoms with E-state index in [-0.39, 0.29) is 64.1 Å². The van der Waals surface area contributed by atoms with Crippen LogP contribution in [-0.2, 0) is 14.8 Å². The van der Waals surface area contributed by atoms with Crippen molar-refractivity contribution in [3.8, 4) is 0 Å². The summed E-state index contributed by atoms with van der Waals surface area (Å²) < 4.78 is 26.4. The van der Waals surface area contributed by atoms with Crippen molar-refractivity contribution in [2.75, 3.05) is 5.73 Å². The first-order valence-electron chi connectivity index (χ1n) is 11.9. The Morgan fingerprint density at radius 1 is 0.774 bits per heavy atom. The Bertz CT molecular complexity index is 685. The van der Waals surface area contributed by atoms with Crippen molar-refractivity contribution in [3.63, 3.8) is 0 Å². The number of nitrogens with two attached hydrogens (primary N) is 1. The number of benzene rings is 1. The van der Waals surface area contributed by atoms with Crippen LogP contribution >= 0.6 is 0 Å². The number of sulfonamides is 1. The molecule has 174 valence electrons. The van der Waals surface area contributed by atoms with Crippen LogP contribution in [0.15, 0.2) is 29.2 Å². The molecule has 0 radical (unpaired) electrons. The molecule has 0 saturated carbocycles. The fourth-order valence-electron chi connectivity index (χ4n) is 3.56. The van der Waals surface area contributed by atoms with Gasteiger partial charge < -0.3 is 7.16 Å². The van der Waals surface area contributed by atoms with Crippen molar-refractivity contribution in [1.29, 1.82) is 0 Å². The van der Waals surface area contributed by atoms with Gasteiger partial charge >= 0.3 is 51.4 Å². The van der Waals surface area contributed by atoms with Crippen LogP contribution in [0.2, 0.25) is 0 Å². The molecule has 1 aromatic carbocycles. The van der Waals surface area contributed by atoms with Crippen LogP contribution in [0.25, 0.3) is 0 Å². The monoisotopic (exact) mass is 478 g/mol. The van der Waals surface area contributed by atoms with Crippen molar-refractivity contribution in [1.82, 2.24) is 4.72 Å². The molecule has 3 N–H and O–H groups in total. The third-order valence-electron chi connectivity index (χ3n) is 5.45. The van der Waals surface area contributed by atoms with Gasteiger partial charge in [-0.2, -0.15) is 0 Å². The molecule has 0 spiro atoms. The minimum atomic E-state index is -3.80. The largest absolute Gasteiger partial charge is 1.00 e. The summed E-state index contributed by atoms with van der Waals surface area (Å²) in [6, 6.07) is 5.82. The summed E-state index contributed by atoms with van der Waals surface area (Å²) in [5.74, 6) is -0.443. The Balaban J connectivity index is 0.